The standard InChI is InChI=1S/C32H28N4O4S/c1-22(37)33-25-15-17-26(18-16-25)34-30(38)21-41-28-14-8-13-27(20-28)35-32(40)29(19-23-9-4-2-5-10-23)36-31(39)24-11-6-3-7-12-24/h2-20H,21H2,1H3,(H,33,37)(H,34,38)(H,35,40)(H,36,39)/b29-19-. The lowest BCUT2D eigenvalue weighted by Crippen LogP contribution is -2.30. The van der Waals surface area contributed by atoms with Gasteiger partial charge in [0.1, 0.15) is 5.70 Å². The number of carbonyl (C=O) groups is 4. The predicted molar refractivity (Wildman–Crippen MR) is 163 cm³/mol. The van der Waals surface area contributed by atoms with Gasteiger partial charge in [-0.25, -0.2) is 0 Å². The van der Waals surface area contributed by atoms with Crippen LogP contribution in [0.5, 0.6) is 0 Å². The van der Waals surface area contributed by atoms with Crippen LogP contribution in [0.25, 0.3) is 6.08 Å². The van der Waals surface area contributed by atoms with Crippen molar-refractivity contribution in [3.8, 4) is 0 Å². The molecule has 0 radical (unpaired) electrons. The summed E-state index contributed by atoms with van der Waals surface area (Å²) in [6, 6.07) is 31.8. The Labute approximate surface area is 242 Å². The molecule has 4 aromatic carbocycles. The molecule has 0 aliphatic heterocycles. The molecular formula is C32H28N4O4S. The number of carbonyl (C=O) groups excluding carboxylic acids is 4. The van der Waals surface area contributed by atoms with Crippen molar-refractivity contribution in [1.29, 1.82) is 0 Å². The van der Waals surface area contributed by atoms with E-state index in [1.165, 1.54) is 18.7 Å². The van der Waals surface area contributed by atoms with Gasteiger partial charge in [-0.3, -0.25) is 19.2 Å². The van der Waals surface area contributed by atoms with E-state index in [4.69, 9.17) is 0 Å². The number of rotatable bonds is 10. The quantitative estimate of drug-likeness (QED) is 0.144. The minimum absolute atomic E-state index is 0.0898. The lowest BCUT2D eigenvalue weighted by molar-refractivity contribution is -0.114. The van der Waals surface area contributed by atoms with Gasteiger partial charge in [0.25, 0.3) is 11.8 Å². The van der Waals surface area contributed by atoms with E-state index in [1.54, 1.807) is 72.8 Å². The lowest BCUT2D eigenvalue weighted by Gasteiger charge is -2.12. The third-order valence-corrected chi connectivity index (χ3v) is 6.58. The van der Waals surface area contributed by atoms with Crippen LogP contribution in [0.2, 0.25) is 0 Å². The zero-order chi connectivity index (χ0) is 29.0. The molecule has 0 bridgehead atoms. The van der Waals surface area contributed by atoms with E-state index in [-0.39, 0.29) is 23.3 Å². The van der Waals surface area contributed by atoms with Gasteiger partial charge < -0.3 is 21.3 Å². The Morgan fingerprint density at radius 2 is 1.32 bits per heavy atom. The average molecular weight is 565 g/mol. The molecule has 0 aromatic heterocycles. The minimum Gasteiger partial charge on any atom is -0.326 e. The Bertz CT molecular complexity index is 1560. The maximum Gasteiger partial charge on any atom is 0.272 e. The van der Waals surface area contributed by atoms with Crippen molar-refractivity contribution in [2.75, 3.05) is 21.7 Å². The van der Waals surface area contributed by atoms with Crippen LogP contribution < -0.4 is 21.3 Å². The Morgan fingerprint density at radius 3 is 1.98 bits per heavy atom. The van der Waals surface area contributed by atoms with Gasteiger partial charge in [0.15, 0.2) is 0 Å². The summed E-state index contributed by atoms with van der Waals surface area (Å²) in [5, 5.41) is 11.1. The molecule has 4 rings (SSSR count). The van der Waals surface area contributed by atoms with Crippen LogP contribution >= 0.6 is 11.8 Å². The molecule has 0 heterocycles. The van der Waals surface area contributed by atoms with E-state index in [0.29, 0.717) is 22.6 Å². The number of amides is 4. The predicted octanol–water partition coefficient (Wildman–Crippen LogP) is 5.79. The van der Waals surface area contributed by atoms with Gasteiger partial charge >= 0.3 is 0 Å². The van der Waals surface area contributed by atoms with Gasteiger partial charge in [-0.15, -0.1) is 11.8 Å². The third-order valence-electron chi connectivity index (χ3n) is 5.59. The van der Waals surface area contributed by atoms with Gasteiger partial charge in [0.05, 0.1) is 5.75 Å². The molecule has 0 spiro atoms. The Balaban J connectivity index is 1.39. The van der Waals surface area contributed by atoms with E-state index in [9.17, 15) is 19.2 Å². The van der Waals surface area contributed by atoms with Crippen LogP contribution in [0.15, 0.2) is 120 Å². The van der Waals surface area contributed by atoms with Gasteiger partial charge in [-0.2, -0.15) is 0 Å². The van der Waals surface area contributed by atoms with Crippen LogP contribution in [-0.4, -0.2) is 29.4 Å². The molecule has 206 valence electrons. The molecule has 4 aromatic rings. The Kier molecular flexibility index (Phi) is 10.1. The Hall–Kier alpha value is -5.15. The zero-order valence-electron chi connectivity index (χ0n) is 22.2. The lowest BCUT2D eigenvalue weighted by atomic mass is 10.1. The minimum atomic E-state index is -0.485. The summed E-state index contributed by atoms with van der Waals surface area (Å²) >= 11 is 1.31. The SMILES string of the molecule is CC(=O)Nc1ccc(NC(=O)CSc2cccc(NC(=O)/C(=C/c3ccccc3)NC(=O)c3ccccc3)c2)cc1. The molecule has 0 saturated heterocycles. The van der Waals surface area contributed by atoms with Crippen LogP contribution in [0.3, 0.4) is 0 Å². The first kappa shape index (κ1) is 28.8. The summed E-state index contributed by atoms with van der Waals surface area (Å²) in [5.74, 6) is -1.11. The summed E-state index contributed by atoms with van der Waals surface area (Å²) in [6.45, 7) is 1.43. The highest BCUT2D eigenvalue weighted by Crippen LogP contribution is 2.23. The second kappa shape index (κ2) is 14.3. The van der Waals surface area contributed by atoms with Gasteiger partial charge in [0.2, 0.25) is 11.8 Å². The average Bonchev–Trinajstić information content (AvgIpc) is 2.97. The molecule has 0 unspecified atom stereocenters. The smallest absolute Gasteiger partial charge is 0.272 e. The number of thioether (sulfide) groups is 1. The zero-order valence-corrected chi connectivity index (χ0v) is 23.0. The molecule has 0 aliphatic carbocycles. The second-order valence-corrected chi connectivity index (χ2v) is 9.91. The highest BCUT2D eigenvalue weighted by Gasteiger charge is 2.15. The number of benzene rings is 4. The molecule has 9 heteroatoms. The molecule has 0 fully saturated rings. The van der Waals surface area contributed by atoms with Gasteiger partial charge in [0, 0.05) is 34.4 Å². The molecule has 0 aliphatic rings. The fourth-order valence-corrected chi connectivity index (χ4v) is 4.46. The van der Waals surface area contributed by atoms with E-state index in [2.05, 4.69) is 21.3 Å². The first-order valence-electron chi connectivity index (χ1n) is 12.7. The fourth-order valence-electron chi connectivity index (χ4n) is 3.71. The molecular weight excluding hydrogens is 536 g/mol. The molecule has 4 N–H and O–H groups in total. The normalized spacial score (nSPS) is 10.8. The van der Waals surface area contributed by atoms with Crippen molar-refractivity contribution in [3.63, 3.8) is 0 Å². The van der Waals surface area contributed by atoms with Crippen molar-refractivity contribution < 1.29 is 19.2 Å². The van der Waals surface area contributed by atoms with E-state index < -0.39 is 11.8 Å². The van der Waals surface area contributed by atoms with Gasteiger partial charge in [-0.1, -0.05) is 54.6 Å². The van der Waals surface area contributed by atoms with E-state index >= 15 is 0 Å². The third kappa shape index (κ3) is 9.22. The topological polar surface area (TPSA) is 116 Å². The fraction of sp³-hybridized carbons (Fsp3) is 0.0625. The largest absolute Gasteiger partial charge is 0.326 e. The monoisotopic (exact) mass is 564 g/mol. The summed E-state index contributed by atoms with van der Waals surface area (Å²) in [5.41, 5.74) is 3.05. The number of anilines is 3. The van der Waals surface area contributed by atoms with E-state index in [1.807, 2.05) is 42.5 Å². The molecule has 4 amide bonds. The number of nitrogens with one attached hydrogen (secondary N) is 4. The number of hydrogen-bond donors (Lipinski definition) is 4. The molecule has 0 saturated carbocycles. The molecule has 0 atom stereocenters. The highest BCUT2D eigenvalue weighted by molar-refractivity contribution is 8.00. The summed E-state index contributed by atoms with van der Waals surface area (Å²) < 4.78 is 0. The van der Waals surface area contributed by atoms with Crippen molar-refractivity contribution in [2.24, 2.45) is 0 Å². The molecule has 41 heavy (non-hydrogen) atoms. The summed E-state index contributed by atoms with van der Waals surface area (Å²) in [7, 11) is 0. The Morgan fingerprint density at radius 1 is 0.683 bits per heavy atom. The van der Waals surface area contributed by atoms with Crippen molar-refractivity contribution in [1.82, 2.24) is 5.32 Å². The van der Waals surface area contributed by atoms with Crippen molar-refractivity contribution in [2.45, 2.75) is 11.8 Å². The maximum absolute atomic E-state index is 13.3. The first-order chi connectivity index (χ1) is 19.9. The summed E-state index contributed by atoms with van der Waals surface area (Å²) in [4.78, 5) is 50.5. The number of hydrogen-bond acceptors (Lipinski definition) is 5. The molecule has 8 nitrogen and oxygen atoms in total. The van der Waals surface area contributed by atoms with Crippen molar-refractivity contribution >= 4 is 58.5 Å². The second-order valence-electron chi connectivity index (χ2n) is 8.87. The highest BCUT2D eigenvalue weighted by atomic mass is 32.2. The summed E-state index contributed by atoms with van der Waals surface area (Å²) in [6.07, 6.45) is 1.61. The van der Waals surface area contributed by atoms with Gasteiger partial charge in [-0.05, 0) is 66.2 Å². The first-order valence-corrected chi connectivity index (χ1v) is 13.7. The van der Waals surface area contributed by atoms with Crippen LogP contribution in [0, 0.1) is 0 Å². The maximum atomic E-state index is 13.3. The van der Waals surface area contributed by atoms with Crippen LogP contribution in [-0.2, 0) is 14.4 Å². The van der Waals surface area contributed by atoms with Crippen LogP contribution in [0.4, 0.5) is 17.1 Å². The van der Waals surface area contributed by atoms with Crippen molar-refractivity contribution in [3.05, 3.63) is 126 Å². The van der Waals surface area contributed by atoms with E-state index in [0.717, 1.165) is 10.5 Å². The van der Waals surface area contributed by atoms with Crippen LogP contribution in [0.1, 0.15) is 22.8 Å².